The van der Waals surface area contributed by atoms with Crippen molar-refractivity contribution in [3.63, 3.8) is 0 Å². The molecular formula is C14H14Cl2N2O3S. The Kier molecular flexibility index (Phi) is 5.05. The van der Waals surface area contributed by atoms with E-state index < -0.39 is 10.0 Å². The van der Waals surface area contributed by atoms with E-state index in [4.69, 9.17) is 33.7 Å². The first-order valence-electron chi connectivity index (χ1n) is 6.18. The molecule has 0 saturated carbocycles. The molecule has 8 heteroatoms. The van der Waals surface area contributed by atoms with E-state index in [1.165, 1.54) is 0 Å². The van der Waals surface area contributed by atoms with Gasteiger partial charge in [0.15, 0.2) is 5.75 Å². The van der Waals surface area contributed by atoms with E-state index in [9.17, 15) is 8.42 Å². The maximum atomic E-state index is 11.1. The van der Waals surface area contributed by atoms with Gasteiger partial charge in [-0.25, -0.2) is 8.42 Å². The lowest BCUT2D eigenvalue weighted by Crippen LogP contribution is -2.09. The highest BCUT2D eigenvalue weighted by Crippen LogP contribution is 2.34. The number of anilines is 2. The fraction of sp³-hybridized carbons (Fsp3) is 0.143. The first-order valence-corrected chi connectivity index (χ1v) is 8.83. The van der Waals surface area contributed by atoms with Gasteiger partial charge in [0.1, 0.15) is 6.61 Å². The lowest BCUT2D eigenvalue weighted by atomic mass is 10.2. The molecule has 0 spiro atoms. The summed E-state index contributed by atoms with van der Waals surface area (Å²) in [5.74, 6) is 0.365. The van der Waals surface area contributed by atoms with Crippen molar-refractivity contribution in [3.05, 3.63) is 52.0 Å². The maximum absolute atomic E-state index is 11.1. The zero-order valence-corrected chi connectivity index (χ0v) is 14.0. The molecule has 3 N–H and O–H groups in total. The van der Waals surface area contributed by atoms with Crippen LogP contribution in [0.5, 0.6) is 5.75 Å². The predicted molar refractivity (Wildman–Crippen MR) is 90.1 cm³/mol. The first-order chi connectivity index (χ1) is 10.2. The van der Waals surface area contributed by atoms with Gasteiger partial charge < -0.3 is 10.5 Å². The van der Waals surface area contributed by atoms with Gasteiger partial charge in [0.2, 0.25) is 10.0 Å². The molecule has 2 rings (SSSR count). The molecule has 0 bridgehead atoms. The van der Waals surface area contributed by atoms with Gasteiger partial charge in [0.25, 0.3) is 0 Å². The average Bonchev–Trinajstić information content (AvgIpc) is 2.37. The third-order valence-electron chi connectivity index (χ3n) is 2.68. The second-order valence-corrected chi connectivity index (χ2v) is 7.26. The molecule has 0 heterocycles. The Bertz CT molecular complexity index is 754. The first kappa shape index (κ1) is 16.7. The summed E-state index contributed by atoms with van der Waals surface area (Å²) in [7, 11) is -3.29. The summed E-state index contributed by atoms with van der Waals surface area (Å²) in [5, 5.41) is 0.770. The molecule has 0 aliphatic carbocycles. The van der Waals surface area contributed by atoms with Crippen molar-refractivity contribution in [1.82, 2.24) is 0 Å². The summed E-state index contributed by atoms with van der Waals surface area (Å²) < 4.78 is 30.2. The van der Waals surface area contributed by atoms with Crippen molar-refractivity contribution in [3.8, 4) is 5.75 Å². The fourth-order valence-corrected chi connectivity index (χ4v) is 2.90. The lowest BCUT2D eigenvalue weighted by molar-refractivity contribution is 0.308. The van der Waals surface area contributed by atoms with Gasteiger partial charge in [-0.05, 0) is 29.8 Å². The van der Waals surface area contributed by atoms with Crippen LogP contribution in [0.15, 0.2) is 36.4 Å². The van der Waals surface area contributed by atoms with E-state index in [0.29, 0.717) is 27.2 Å². The van der Waals surface area contributed by atoms with Crippen LogP contribution in [0.2, 0.25) is 10.0 Å². The summed E-state index contributed by atoms with van der Waals surface area (Å²) in [5.41, 5.74) is 7.48. The van der Waals surface area contributed by atoms with Crippen molar-refractivity contribution in [1.29, 1.82) is 0 Å². The number of nitrogens with one attached hydrogen (secondary N) is 1. The number of sulfonamides is 1. The van der Waals surface area contributed by atoms with Crippen LogP contribution >= 0.6 is 23.2 Å². The molecule has 0 aliphatic heterocycles. The topological polar surface area (TPSA) is 81.4 Å². The van der Waals surface area contributed by atoms with Crippen LogP contribution in [-0.2, 0) is 16.6 Å². The highest BCUT2D eigenvalue weighted by molar-refractivity contribution is 7.92. The van der Waals surface area contributed by atoms with E-state index in [-0.39, 0.29) is 6.61 Å². The maximum Gasteiger partial charge on any atom is 0.229 e. The van der Waals surface area contributed by atoms with Crippen LogP contribution in [0.4, 0.5) is 11.4 Å². The Morgan fingerprint density at radius 2 is 1.82 bits per heavy atom. The SMILES string of the molecule is CS(=O)(=O)Nc1ccc(COc2c(N)cc(Cl)cc2Cl)cc1. The smallest absolute Gasteiger partial charge is 0.229 e. The highest BCUT2D eigenvalue weighted by Gasteiger charge is 2.09. The molecule has 2 aromatic rings. The number of ether oxygens (including phenoxy) is 1. The van der Waals surface area contributed by atoms with Crippen LogP contribution < -0.4 is 15.2 Å². The van der Waals surface area contributed by atoms with Crippen LogP contribution in [0.25, 0.3) is 0 Å². The monoisotopic (exact) mass is 360 g/mol. The number of benzene rings is 2. The number of hydrogen-bond donors (Lipinski definition) is 2. The number of halogens is 2. The second kappa shape index (κ2) is 6.64. The third-order valence-corrected chi connectivity index (χ3v) is 3.78. The van der Waals surface area contributed by atoms with Gasteiger partial charge in [-0.1, -0.05) is 35.3 Å². The Morgan fingerprint density at radius 3 is 2.36 bits per heavy atom. The lowest BCUT2D eigenvalue weighted by Gasteiger charge is -2.11. The standard InChI is InChI=1S/C14H14Cl2N2O3S/c1-22(19,20)18-11-4-2-9(3-5-11)8-21-14-12(16)6-10(15)7-13(14)17/h2-7,18H,8,17H2,1H3. The van der Waals surface area contributed by atoms with Gasteiger partial charge in [-0.3, -0.25) is 4.72 Å². The van der Waals surface area contributed by atoms with Crippen LogP contribution in [0.3, 0.4) is 0 Å². The van der Waals surface area contributed by atoms with Gasteiger partial charge in [0, 0.05) is 10.7 Å². The molecular weight excluding hydrogens is 347 g/mol. The summed E-state index contributed by atoms with van der Waals surface area (Å²) >= 11 is 11.9. The molecule has 118 valence electrons. The van der Waals surface area contributed by atoms with Crippen molar-refractivity contribution < 1.29 is 13.2 Å². The number of rotatable bonds is 5. The molecule has 0 unspecified atom stereocenters. The molecule has 0 radical (unpaired) electrons. The van der Waals surface area contributed by atoms with Crippen molar-refractivity contribution in [2.75, 3.05) is 16.7 Å². The predicted octanol–water partition coefficient (Wildman–Crippen LogP) is 3.53. The second-order valence-electron chi connectivity index (χ2n) is 4.67. The minimum absolute atomic E-state index is 0.241. The molecule has 2 aromatic carbocycles. The zero-order valence-electron chi connectivity index (χ0n) is 11.6. The van der Waals surface area contributed by atoms with E-state index in [0.717, 1.165) is 11.8 Å². The van der Waals surface area contributed by atoms with Crippen molar-refractivity contribution in [2.24, 2.45) is 0 Å². The van der Waals surface area contributed by atoms with Crippen LogP contribution in [0.1, 0.15) is 5.56 Å². The number of hydrogen-bond acceptors (Lipinski definition) is 4. The molecule has 5 nitrogen and oxygen atoms in total. The summed E-state index contributed by atoms with van der Waals surface area (Å²) in [6.07, 6.45) is 1.09. The van der Waals surface area contributed by atoms with E-state index in [2.05, 4.69) is 4.72 Å². The van der Waals surface area contributed by atoms with E-state index >= 15 is 0 Å². The normalized spacial score (nSPS) is 11.2. The highest BCUT2D eigenvalue weighted by atomic mass is 35.5. The average molecular weight is 361 g/mol. The van der Waals surface area contributed by atoms with E-state index in [1.54, 1.807) is 36.4 Å². The quantitative estimate of drug-likeness (QED) is 0.799. The summed E-state index contributed by atoms with van der Waals surface area (Å²) in [4.78, 5) is 0. The van der Waals surface area contributed by atoms with Crippen molar-refractivity contribution >= 4 is 44.6 Å². The zero-order chi connectivity index (χ0) is 16.3. The minimum Gasteiger partial charge on any atom is -0.485 e. The van der Waals surface area contributed by atoms with Gasteiger partial charge in [0.05, 0.1) is 17.0 Å². The molecule has 0 aromatic heterocycles. The molecule has 0 atom stereocenters. The van der Waals surface area contributed by atoms with Gasteiger partial charge in [-0.15, -0.1) is 0 Å². The molecule has 0 aliphatic rings. The fourth-order valence-electron chi connectivity index (χ4n) is 1.77. The summed E-state index contributed by atoms with van der Waals surface area (Å²) in [6.45, 7) is 0.241. The molecule has 0 saturated heterocycles. The molecule has 0 amide bonds. The van der Waals surface area contributed by atoms with Crippen LogP contribution in [0, 0.1) is 0 Å². The van der Waals surface area contributed by atoms with Crippen LogP contribution in [-0.4, -0.2) is 14.7 Å². The Balaban J connectivity index is 2.06. The molecule has 0 fully saturated rings. The third kappa shape index (κ3) is 4.69. The Hall–Kier alpha value is -1.63. The Labute approximate surface area is 139 Å². The Morgan fingerprint density at radius 1 is 1.18 bits per heavy atom. The largest absolute Gasteiger partial charge is 0.485 e. The summed E-state index contributed by atoms with van der Waals surface area (Å²) in [6, 6.07) is 9.88. The number of nitrogens with two attached hydrogens (primary N) is 1. The van der Waals surface area contributed by atoms with Gasteiger partial charge in [-0.2, -0.15) is 0 Å². The number of nitrogen functional groups attached to an aromatic ring is 1. The van der Waals surface area contributed by atoms with Gasteiger partial charge >= 0.3 is 0 Å². The minimum atomic E-state index is -3.29. The van der Waals surface area contributed by atoms with E-state index in [1.807, 2.05) is 0 Å². The van der Waals surface area contributed by atoms with Crippen molar-refractivity contribution in [2.45, 2.75) is 6.61 Å². The molecule has 22 heavy (non-hydrogen) atoms.